The fourth-order valence-electron chi connectivity index (χ4n) is 10.6. The lowest BCUT2D eigenvalue weighted by Gasteiger charge is -2.38. The minimum Gasteiger partial charge on any atom is -0.460 e. The minimum absolute atomic E-state index is 0.0211. The number of para-hydroxylation sites is 2. The number of benzene rings is 9. The van der Waals surface area contributed by atoms with E-state index in [1.54, 1.807) is 0 Å². The molecule has 0 N–H and O–H groups in total. The molecule has 64 heavy (non-hydrogen) atoms. The van der Waals surface area contributed by atoms with Gasteiger partial charge in [0.1, 0.15) is 11.5 Å². The first-order valence-electron chi connectivity index (χ1n) is 22.3. The van der Waals surface area contributed by atoms with E-state index < -0.39 is 0 Å². The van der Waals surface area contributed by atoms with Crippen LogP contribution in [-0.2, 0) is 5.41 Å². The third-order valence-corrected chi connectivity index (χ3v) is 13.5. The van der Waals surface area contributed by atoms with Crippen LogP contribution in [0.15, 0.2) is 218 Å². The molecule has 3 aliphatic rings. The predicted molar refractivity (Wildman–Crippen MR) is 266 cm³/mol. The van der Waals surface area contributed by atoms with E-state index in [0.717, 1.165) is 39.8 Å². The molecule has 3 heteroatoms. The number of ether oxygens (including phenoxy) is 1. The lowest BCUT2D eigenvalue weighted by molar-refractivity contribution is 0.474. The van der Waals surface area contributed by atoms with Crippen LogP contribution >= 0.6 is 0 Å². The van der Waals surface area contributed by atoms with Crippen molar-refractivity contribution < 1.29 is 4.74 Å². The zero-order valence-electron chi connectivity index (χ0n) is 35.9. The van der Waals surface area contributed by atoms with Crippen LogP contribution in [0.25, 0.3) is 56.3 Å². The van der Waals surface area contributed by atoms with Crippen molar-refractivity contribution in [1.29, 1.82) is 0 Å². The average molecular weight is 823 g/mol. The van der Waals surface area contributed by atoms with Gasteiger partial charge in [0.05, 0.1) is 6.04 Å². The Morgan fingerprint density at radius 1 is 0.453 bits per heavy atom. The Morgan fingerprint density at radius 3 is 1.69 bits per heavy atom. The number of rotatable bonds is 8. The maximum atomic E-state index is 7.09. The zero-order chi connectivity index (χ0) is 42.8. The first-order valence-corrected chi connectivity index (χ1v) is 22.3. The molecule has 0 aromatic heterocycles. The van der Waals surface area contributed by atoms with Crippen molar-refractivity contribution in [3.8, 4) is 50.3 Å². The molecular formula is C61H46N2O. The van der Waals surface area contributed by atoms with E-state index in [9.17, 15) is 0 Å². The van der Waals surface area contributed by atoms with Gasteiger partial charge in [-0.15, -0.1) is 0 Å². The molecule has 0 saturated heterocycles. The van der Waals surface area contributed by atoms with Crippen LogP contribution in [0, 0.1) is 0 Å². The third-order valence-electron chi connectivity index (χ3n) is 13.5. The van der Waals surface area contributed by atoms with Gasteiger partial charge in [-0.1, -0.05) is 178 Å². The highest BCUT2D eigenvalue weighted by atomic mass is 16.5. The monoisotopic (exact) mass is 822 g/mol. The number of hydrogen-bond donors (Lipinski definition) is 0. The fraction of sp³-hybridized carbons (Fsp3) is 0.0820. The van der Waals surface area contributed by atoms with Crippen molar-refractivity contribution in [2.45, 2.75) is 31.7 Å². The molecule has 2 aliphatic carbocycles. The first kappa shape index (κ1) is 37.8. The van der Waals surface area contributed by atoms with Gasteiger partial charge in [0.2, 0.25) is 0 Å². The summed E-state index contributed by atoms with van der Waals surface area (Å²) in [5.74, 6) is 1.90. The smallest absolute Gasteiger partial charge is 0.134 e. The van der Waals surface area contributed by atoms with Crippen LogP contribution in [0.4, 0.5) is 28.4 Å². The Hall–Kier alpha value is -7.88. The summed E-state index contributed by atoms with van der Waals surface area (Å²) in [6, 6.07) is 79.0. The van der Waals surface area contributed by atoms with Gasteiger partial charge in [-0.3, -0.25) is 0 Å². The van der Waals surface area contributed by atoms with Gasteiger partial charge < -0.3 is 14.5 Å². The molecule has 3 nitrogen and oxygen atoms in total. The molecule has 1 unspecified atom stereocenters. The highest BCUT2D eigenvalue weighted by molar-refractivity contribution is 5.90. The molecule has 306 valence electrons. The number of anilines is 5. The molecule has 0 fully saturated rings. The molecular weight excluding hydrogens is 777 g/mol. The van der Waals surface area contributed by atoms with E-state index in [4.69, 9.17) is 4.74 Å². The van der Waals surface area contributed by atoms with Gasteiger partial charge in [-0.25, -0.2) is 0 Å². The minimum atomic E-state index is -0.195. The van der Waals surface area contributed by atoms with Crippen LogP contribution in [0.5, 0.6) is 5.75 Å². The molecule has 9 aromatic rings. The van der Waals surface area contributed by atoms with E-state index >= 15 is 0 Å². The van der Waals surface area contributed by atoms with E-state index in [2.05, 4.69) is 248 Å². The summed E-state index contributed by atoms with van der Waals surface area (Å²) in [7, 11) is 0. The summed E-state index contributed by atoms with van der Waals surface area (Å²) in [5, 5.41) is 2.38. The molecule has 0 amide bonds. The van der Waals surface area contributed by atoms with Crippen molar-refractivity contribution in [3.05, 3.63) is 240 Å². The van der Waals surface area contributed by atoms with Crippen molar-refractivity contribution >= 4 is 40.3 Å². The quantitative estimate of drug-likeness (QED) is 0.152. The van der Waals surface area contributed by atoms with Crippen molar-refractivity contribution in [2.24, 2.45) is 0 Å². The summed E-state index contributed by atoms with van der Waals surface area (Å²) in [6.45, 7) is 4.77. The Balaban J connectivity index is 0.971. The van der Waals surface area contributed by atoms with Crippen LogP contribution in [0.1, 0.15) is 31.4 Å². The van der Waals surface area contributed by atoms with E-state index in [-0.39, 0.29) is 11.5 Å². The molecule has 1 aliphatic heterocycles. The second-order valence-electron chi connectivity index (χ2n) is 17.7. The number of fused-ring (bicyclic) bond motifs is 5. The zero-order valence-corrected chi connectivity index (χ0v) is 35.9. The topological polar surface area (TPSA) is 15.7 Å². The number of hydrogen-bond acceptors (Lipinski definition) is 3. The lowest BCUT2D eigenvalue weighted by Crippen LogP contribution is -2.43. The number of nitrogens with zero attached hydrogens (tertiary/aromatic N) is 2. The molecule has 0 saturated carbocycles. The van der Waals surface area contributed by atoms with Crippen LogP contribution in [-0.4, -0.2) is 6.04 Å². The van der Waals surface area contributed by atoms with Crippen LogP contribution < -0.4 is 25.0 Å². The fourth-order valence-corrected chi connectivity index (χ4v) is 10.6. The van der Waals surface area contributed by atoms with Gasteiger partial charge in [0, 0.05) is 51.1 Å². The summed E-state index contributed by atoms with van der Waals surface area (Å²) in [6.07, 6.45) is 3.19. The van der Waals surface area contributed by atoms with Gasteiger partial charge >= 0.3 is 0 Å². The third kappa shape index (κ3) is 6.27. The highest BCUT2D eigenvalue weighted by Gasteiger charge is 2.40. The molecule has 12 rings (SSSR count). The molecule has 1 heterocycles. The molecule has 9 aromatic carbocycles. The summed E-state index contributed by atoms with van der Waals surface area (Å²) in [4.78, 5) is 4.90. The maximum absolute atomic E-state index is 7.09. The van der Waals surface area contributed by atoms with Gasteiger partial charge in [0.25, 0.3) is 0 Å². The Morgan fingerprint density at radius 2 is 1.00 bits per heavy atom. The Labute approximate surface area is 375 Å². The summed E-state index contributed by atoms with van der Waals surface area (Å²) >= 11 is 0. The molecule has 0 bridgehead atoms. The molecule has 0 spiro atoms. The van der Waals surface area contributed by atoms with Crippen molar-refractivity contribution in [3.63, 3.8) is 0 Å². The molecule has 0 radical (unpaired) electrons. The standard InChI is InChI=1S/C61H46N2O/c1-61(2)55-26-13-12-23-51(55)53-25-15-27-56(60(53)61)63(48-34-32-44(33-35-48)43-30-28-42(29-31-43)41-16-6-3-7-17-41)50-38-45-18-14-24-52-54-39-49(36-37-57(54)64-58(40-50)59(45)52)62(46-19-8-4-9-20-46)47-21-10-5-11-22-47/h3-39,50H,40H2,1-2H3. The van der Waals surface area contributed by atoms with Crippen LogP contribution in [0.2, 0.25) is 0 Å². The van der Waals surface area contributed by atoms with E-state index in [1.807, 2.05) is 0 Å². The summed E-state index contributed by atoms with van der Waals surface area (Å²) in [5.41, 5.74) is 18.0. The normalized spacial score (nSPS) is 14.8. The van der Waals surface area contributed by atoms with Gasteiger partial charge in [0.15, 0.2) is 0 Å². The highest BCUT2D eigenvalue weighted by Crippen LogP contribution is 2.54. The van der Waals surface area contributed by atoms with Gasteiger partial charge in [-0.05, 0) is 116 Å². The predicted octanol–water partition coefficient (Wildman–Crippen LogP) is 14.4. The van der Waals surface area contributed by atoms with E-state index in [0.29, 0.717) is 6.42 Å². The van der Waals surface area contributed by atoms with E-state index in [1.165, 1.54) is 66.2 Å². The molecule has 1 atom stereocenters. The lowest BCUT2D eigenvalue weighted by atomic mass is 9.81. The van der Waals surface area contributed by atoms with Crippen LogP contribution in [0.3, 0.4) is 0 Å². The second kappa shape index (κ2) is 15.2. The average Bonchev–Trinajstić information content (AvgIpc) is 3.59. The maximum Gasteiger partial charge on any atom is 0.134 e. The Bertz CT molecular complexity index is 3300. The SMILES string of the molecule is CC1(C)c2ccccc2-c2cccc(N(c3ccc(-c4ccc(-c5ccccc5)cc4)cc3)C3C=c4cccc5c4=C(C3)Oc3ccc(N(c4ccccc4)c4ccccc4)cc3-5)c21. The van der Waals surface area contributed by atoms with Crippen molar-refractivity contribution in [1.82, 2.24) is 0 Å². The Kier molecular flexibility index (Phi) is 8.98. The second-order valence-corrected chi connectivity index (χ2v) is 17.7. The summed E-state index contributed by atoms with van der Waals surface area (Å²) < 4.78 is 7.09. The largest absolute Gasteiger partial charge is 0.460 e. The van der Waals surface area contributed by atoms with Gasteiger partial charge in [-0.2, -0.15) is 0 Å². The first-order chi connectivity index (χ1) is 31.5. The van der Waals surface area contributed by atoms with Crippen molar-refractivity contribution in [2.75, 3.05) is 9.80 Å².